The van der Waals surface area contributed by atoms with E-state index < -0.39 is 0 Å². The van der Waals surface area contributed by atoms with Crippen LogP contribution in [0.2, 0.25) is 0 Å². The molecule has 2 aromatic carbocycles. The van der Waals surface area contributed by atoms with Gasteiger partial charge in [-0.3, -0.25) is 9.88 Å². The fourth-order valence-corrected chi connectivity index (χ4v) is 3.39. The summed E-state index contributed by atoms with van der Waals surface area (Å²) < 4.78 is 7.42. The zero-order chi connectivity index (χ0) is 19.3. The maximum absolute atomic E-state index is 5.72. The van der Waals surface area contributed by atoms with Crippen LogP contribution in [-0.2, 0) is 6.67 Å². The molecule has 0 aliphatic heterocycles. The minimum Gasteiger partial charge on any atom is -0.409 e. The molecular formula is C22H20N4OS. The Morgan fingerprint density at radius 1 is 0.964 bits per heavy atom. The highest BCUT2D eigenvalue weighted by molar-refractivity contribution is 7.71. The number of aromatic nitrogens is 3. The maximum atomic E-state index is 5.72. The van der Waals surface area contributed by atoms with Gasteiger partial charge in [-0.2, -0.15) is 0 Å². The molecule has 1 atom stereocenters. The van der Waals surface area contributed by atoms with Crippen molar-refractivity contribution >= 4 is 12.2 Å². The van der Waals surface area contributed by atoms with Crippen LogP contribution in [0.3, 0.4) is 0 Å². The zero-order valence-electron chi connectivity index (χ0n) is 15.5. The van der Waals surface area contributed by atoms with Gasteiger partial charge in [-0.25, -0.2) is 4.68 Å². The van der Waals surface area contributed by atoms with Crippen LogP contribution in [0, 0.1) is 4.84 Å². The van der Waals surface area contributed by atoms with Crippen molar-refractivity contribution in [2.45, 2.75) is 12.7 Å². The lowest BCUT2D eigenvalue weighted by Gasteiger charge is -2.27. The Labute approximate surface area is 168 Å². The Bertz CT molecular complexity index is 1040. The summed E-state index contributed by atoms with van der Waals surface area (Å²) in [4.78, 5) is 7.08. The highest BCUT2D eigenvalue weighted by atomic mass is 32.1. The van der Waals surface area contributed by atoms with Crippen molar-refractivity contribution in [3.63, 3.8) is 0 Å². The third-order valence-electron chi connectivity index (χ3n) is 4.51. The van der Waals surface area contributed by atoms with Gasteiger partial charge in [0, 0.05) is 11.8 Å². The van der Waals surface area contributed by atoms with Crippen molar-refractivity contribution in [2.75, 3.05) is 7.05 Å². The summed E-state index contributed by atoms with van der Waals surface area (Å²) in [6.45, 7) is 0.477. The van der Waals surface area contributed by atoms with Crippen molar-refractivity contribution in [3.05, 3.63) is 101 Å². The van der Waals surface area contributed by atoms with Crippen molar-refractivity contribution in [1.29, 1.82) is 0 Å². The van der Waals surface area contributed by atoms with Gasteiger partial charge >= 0.3 is 0 Å². The molecule has 28 heavy (non-hydrogen) atoms. The van der Waals surface area contributed by atoms with E-state index in [2.05, 4.69) is 27.1 Å². The molecule has 6 heteroatoms. The second kappa shape index (κ2) is 8.29. The summed E-state index contributed by atoms with van der Waals surface area (Å²) >= 11 is 5.40. The van der Waals surface area contributed by atoms with E-state index in [4.69, 9.17) is 16.6 Å². The van der Waals surface area contributed by atoms with Crippen LogP contribution >= 0.6 is 12.2 Å². The molecular weight excluding hydrogens is 368 g/mol. The van der Waals surface area contributed by atoms with Crippen LogP contribution in [0.4, 0.5) is 0 Å². The van der Waals surface area contributed by atoms with E-state index in [9.17, 15) is 0 Å². The summed E-state index contributed by atoms with van der Waals surface area (Å²) in [6, 6.07) is 26.0. The van der Waals surface area contributed by atoms with Gasteiger partial charge in [0.05, 0.1) is 18.4 Å². The van der Waals surface area contributed by atoms with Crippen LogP contribution in [0.5, 0.6) is 0 Å². The third-order valence-corrected chi connectivity index (χ3v) is 4.80. The van der Waals surface area contributed by atoms with Gasteiger partial charge in [0.25, 0.3) is 4.84 Å². The smallest absolute Gasteiger partial charge is 0.288 e. The molecule has 0 saturated carbocycles. The van der Waals surface area contributed by atoms with Gasteiger partial charge < -0.3 is 4.42 Å². The van der Waals surface area contributed by atoms with Crippen LogP contribution in [0.25, 0.3) is 11.5 Å². The van der Waals surface area contributed by atoms with E-state index in [0.29, 0.717) is 17.4 Å². The molecule has 140 valence electrons. The average Bonchev–Trinajstić information content (AvgIpc) is 3.11. The molecule has 0 aliphatic carbocycles. The molecule has 2 heterocycles. The highest BCUT2D eigenvalue weighted by Crippen LogP contribution is 2.27. The summed E-state index contributed by atoms with van der Waals surface area (Å²) in [6.07, 6.45) is 1.81. The average molecular weight is 388 g/mol. The van der Waals surface area contributed by atoms with Gasteiger partial charge in [0.15, 0.2) is 0 Å². The maximum Gasteiger partial charge on any atom is 0.288 e. The van der Waals surface area contributed by atoms with Crippen molar-refractivity contribution in [2.24, 2.45) is 0 Å². The number of hydrogen-bond donors (Lipinski definition) is 0. The third kappa shape index (κ3) is 3.93. The lowest BCUT2D eigenvalue weighted by atomic mass is 10.0. The SMILES string of the molecule is CN(Cn1nc(-c2ccccc2)oc1=S)C(c1ccccc1)c1ccccn1. The highest BCUT2D eigenvalue weighted by Gasteiger charge is 2.21. The van der Waals surface area contributed by atoms with E-state index in [1.165, 1.54) is 0 Å². The van der Waals surface area contributed by atoms with E-state index in [0.717, 1.165) is 16.8 Å². The fraction of sp³-hybridized carbons (Fsp3) is 0.136. The van der Waals surface area contributed by atoms with Gasteiger partial charge in [0.2, 0.25) is 5.89 Å². The molecule has 1 unspecified atom stereocenters. The molecule has 0 bridgehead atoms. The standard InChI is InChI=1S/C22H20N4OS/c1-25(16-26-22(28)27-21(24-26)18-12-6-3-7-13-18)20(17-10-4-2-5-11-17)19-14-8-9-15-23-19/h2-15,20H,16H2,1H3. The number of rotatable bonds is 6. The summed E-state index contributed by atoms with van der Waals surface area (Å²) in [5, 5.41) is 4.57. The van der Waals surface area contributed by atoms with Crippen molar-refractivity contribution in [1.82, 2.24) is 19.7 Å². The van der Waals surface area contributed by atoms with Crippen LogP contribution in [0.15, 0.2) is 89.5 Å². The first-order valence-electron chi connectivity index (χ1n) is 9.02. The molecule has 0 N–H and O–H groups in total. The fourth-order valence-electron chi connectivity index (χ4n) is 3.21. The minimum absolute atomic E-state index is 0.0267. The molecule has 2 aromatic heterocycles. The van der Waals surface area contributed by atoms with Crippen LogP contribution in [-0.4, -0.2) is 26.7 Å². The first-order valence-corrected chi connectivity index (χ1v) is 9.42. The molecule has 0 radical (unpaired) electrons. The minimum atomic E-state index is -0.0267. The Hall–Kier alpha value is -3.09. The zero-order valence-corrected chi connectivity index (χ0v) is 16.3. The Kier molecular flexibility index (Phi) is 5.41. The molecule has 0 saturated heterocycles. The number of benzene rings is 2. The predicted octanol–water partition coefficient (Wildman–Crippen LogP) is 4.95. The first kappa shape index (κ1) is 18.3. The number of pyridine rings is 1. The van der Waals surface area contributed by atoms with Gasteiger partial charge in [-0.15, -0.1) is 5.10 Å². The molecule has 4 rings (SSSR count). The molecule has 0 fully saturated rings. The molecule has 0 spiro atoms. The molecule has 4 aromatic rings. The number of hydrogen-bond acceptors (Lipinski definition) is 5. The molecule has 5 nitrogen and oxygen atoms in total. The van der Waals surface area contributed by atoms with Crippen LogP contribution < -0.4 is 0 Å². The molecule has 0 aliphatic rings. The Morgan fingerprint density at radius 3 is 2.32 bits per heavy atom. The van der Waals surface area contributed by atoms with Gasteiger partial charge in [0.1, 0.15) is 0 Å². The predicted molar refractivity (Wildman–Crippen MR) is 111 cm³/mol. The normalized spacial score (nSPS) is 12.2. The lowest BCUT2D eigenvalue weighted by molar-refractivity contribution is 0.202. The molecule has 0 amide bonds. The summed E-state index contributed by atoms with van der Waals surface area (Å²) in [5.41, 5.74) is 3.02. The van der Waals surface area contributed by atoms with Gasteiger partial charge in [-0.1, -0.05) is 54.6 Å². The monoisotopic (exact) mass is 388 g/mol. The second-order valence-corrected chi connectivity index (χ2v) is 6.85. The van der Waals surface area contributed by atoms with Crippen molar-refractivity contribution in [3.8, 4) is 11.5 Å². The van der Waals surface area contributed by atoms with E-state index in [-0.39, 0.29) is 6.04 Å². The number of nitrogens with zero attached hydrogens (tertiary/aromatic N) is 4. The van der Waals surface area contributed by atoms with Crippen molar-refractivity contribution < 1.29 is 4.42 Å². The quantitative estimate of drug-likeness (QED) is 0.438. The largest absolute Gasteiger partial charge is 0.409 e. The Morgan fingerprint density at radius 2 is 1.64 bits per heavy atom. The van der Waals surface area contributed by atoms with E-state index >= 15 is 0 Å². The van der Waals surface area contributed by atoms with E-state index in [1.807, 2.05) is 80.0 Å². The second-order valence-electron chi connectivity index (χ2n) is 6.50. The van der Waals surface area contributed by atoms with Crippen LogP contribution in [0.1, 0.15) is 17.3 Å². The topological polar surface area (TPSA) is 47.1 Å². The first-order chi connectivity index (χ1) is 13.7. The van der Waals surface area contributed by atoms with E-state index in [1.54, 1.807) is 4.68 Å². The summed E-state index contributed by atoms with van der Waals surface area (Å²) in [7, 11) is 2.03. The van der Waals surface area contributed by atoms with Gasteiger partial charge in [-0.05, 0) is 49.1 Å². The Balaban J connectivity index is 1.65. The summed E-state index contributed by atoms with van der Waals surface area (Å²) in [5.74, 6) is 0.521. The lowest BCUT2D eigenvalue weighted by Crippen LogP contribution is -2.29.